The van der Waals surface area contributed by atoms with E-state index in [4.69, 9.17) is 4.74 Å². The number of ether oxygens (including phenoxy) is 1. The van der Waals surface area contributed by atoms with Crippen molar-refractivity contribution in [3.63, 3.8) is 0 Å². The van der Waals surface area contributed by atoms with Gasteiger partial charge in [-0.05, 0) is 75.2 Å². The van der Waals surface area contributed by atoms with Gasteiger partial charge in [-0.1, -0.05) is 58.7 Å². The largest absolute Gasteiger partial charge is 0.497 e. The van der Waals surface area contributed by atoms with Crippen LogP contribution in [0.15, 0.2) is 82.2 Å². The molecule has 40 heavy (non-hydrogen) atoms. The predicted octanol–water partition coefficient (Wildman–Crippen LogP) is 5.29. The van der Waals surface area contributed by atoms with E-state index in [2.05, 4.69) is 21.2 Å². The lowest BCUT2D eigenvalue weighted by Crippen LogP contribution is -2.52. The molecule has 0 radical (unpaired) electrons. The molecule has 0 heterocycles. The minimum absolute atomic E-state index is 0.0628. The Hall–Kier alpha value is -3.37. The lowest BCUT2D eigenvalue weighted by atomic mass is 10.1. The summed E-state index contributed by atoms with van der Waals surface area (Å²) in [5, 5.41) is 2.93. The number of hydrogen-bond donors (Lipinski definition) is 1. The van der Waals surface area contributed by atoms with Crippen LogP contribution in [0.5, 0.6) is 5.75 Å². The number of halogens is 1. The van der Waals surface area contributed by atoms with E-state index in [1.165, 1.54) is 17.0 Å². The Labute approximate surface area is 245 Å². The molecule has 3 aromatic rings. The van der Waals surface area contributed by atoms with E-state index < -0.39 is 28.5 Å². The molecule has 0 saturated heterocycles. The molecular formula is C30H36BrN3O5S. The summed E-state index contributed by atoms with van der Waals surface area (Å²) in [6, 6.07) is 19.5. The van der Waals surface area contributed by atoms with E-state index in [1.807, 2.05) is 26.8 Å². The van der Waals surface area contributed by atoms with Gasteiger partial charge in [0.05, 0.1) is 17.7 Å². The van der Waals surface area contributed by atoms with Crippen molar-refractivity contribution >= 4 is 43.5 Å². The number of amides is 2. The maximum absolute atomic E-state index is 14.0. The second kappa shape index (κ2) is 13.8. The zero-order chi connectivity index (χ0) is 29.4. The first kappa shape index (κ1) is 31.2. The van der Waals surface area contributed by atoms with E-state index in [1.54, 1.807) is 68.6 Å². The smallest absolute Gasteiger partial charge is 0.264 e. The van der Waals surface area contributed by atoms with Crippen LogP contribution in [-0.2, 0) is 26.2 Å². The van der Waals surface area contributed by atoms with E-state index >= 15 is 0 Å². The van der Waals surface area contributed by atoms with Crippen molar-refractivity contribution in [2.45, 2.75) is 57.6 Å². The zero-order valence-corrected chi connectivity index (χ0v) is 25.8. The van der Waals surface area contributed by atoms with Crippen LogP contribution in [-0.4, -0.2) is 50.9 Å². The number of nitrogens with zero attached hydrogens (tertiary/aromatic N) is 2. The number of carbonyl (C=O) groups excluding carboxylic acids is 2. The second-order valence-electron chi connectivity index (χ2n) is 9.67. The van der Waals surface area contributed by atoms with Crippen LogP contribution in [0.4, 0.5) is 5.69 Å². The second-order valence-corrected chi connectivity index (χ2v) is 12.4. The first-order valence-electron chi connectivity index (χ1n) is 13.0. The Balaban J connectivity index is 2.03. The fourth-order valence-electron chi connectivity index (χ4n) is 4.01. The minimum atomic E-state index is -4.12. The first-order chi connectivity index (χ1) is 19.0. The highest BCUT2D eigenvalue weighted by Gasteiger charge is 2.33. The quantitative estimate of drug-likeness (QED) is 0.294. The molecule has 2 amide bonds. The van der Waals surface area contributed by atoms with Gasteiger partial charge >= 0.3 is 0 Å². The summed E-state index contributed by atoms with van der Waals surface area (Å²) < 4.78 is 34.9. The molecule has 0 aliphatic rings. The lowest BCUT2D eigenvalue weighted by Gasteiger charge is -2.32. The number of rotatable bonds is 12. The van der Waals surface area contributed by atoms with Crippen molar-refractivity contribution in [2.75, 3.05) is 18.0 Å². The van der Waals surface area contributed by atoms with Gasteiger partial charge < -0.3 is 15.0 Å². The molecule has 214 valence electrons. The summed E-state index contributed by atoms with van der Waals surface area (Å²) in [7, 11) is -2.57. The monoisotopic (exact) mass is 629 g/mol. The van der Waals surface area contributed by atoms with E-state index in [0.717, 1.165) is 21.9 Å². The number of benzene rings is 3. The van der Waals surface area contributed by atoms with Crippen molar-refractivity contribution in [3.8, 4) is 5.75 Å². The zero-order valence-electron chi connectivity index (χ0n) is 23.4. The average molecular weight is 631 g/mol. The van der Waals surface area contributed by atoms with E-state index in [-0.39, 0.29) is 23.4 Å². The van der Waals surface area contributed by atoms with Gasteiger partial charge in [-0.25, -0.2) is 8.42 Å². The van der Waals surface area contributed by atoms with Gasteiger partial charge in [0.2, 0.25) is 11.8 Å². The van der Waals surface area contributed by atoms with Crippen LogP contribution in [0.2, 0.25) is 0 Å². The molecule has 3 aromatic carbocycles. The van der Waals surface area contributed by atoms with Gasteiger partial charge in [-0.3, -0.25) is 13.9 Å². The number of carbonyl (C=O) groups is 2. The van der Waals surface area contributed by atoms with Gasteiger partial charge in [-0.15, -0.1) is 0 Å². The van der Waals surface area contributed by atoms with Crippen molar-refractivity contribution in [1.29, 1.82) is 0 Å². The highest BCUT2D eigenvalue weighted by molar-refractivity contribution is 9.10. The summed E-state index contributed by atoms with van der Waals surface area (Å²) in [4.78, 5) is 28.6. The van der Waals surface area contributed by atoms with Gasteiger partial charge in [0, 0.05) is 17.1 Å². The van der Waals surface area contributed by atoms with Crippen LogP contribution in [0.1, 0.15) is 38.3 Å². The molecule has 0 aliphatic heterocycles. The van der Waals surface area contributed by atoms with E-state index in [9.17, 15) is 18.0 Å². The number of anilines is 1. The molecule has 0 fully saturated rings. The standard InChI is InChI=1S/C30H36BrN3O5S/c1-6-22(3)32-30(36)23(4)33(19-24-9-7-12-27(17-24)39-5)29(35)20-34(26-11-8-10-25(31)18-26)40(37,38)28-15-13-21(2)14-16-28/h7-18,22-23H,6,19-20H2,1-5H3,(H,32,36). The number of aryl methyl sites for hydroxylation is 1. The van der Waals surface area contributed by atoms with Crippen LogP contribution >= 0.6 is 15.9 Å². The third-order valence-electron chi connectivity index (χ3n) is 6.64. The maximum atomic E-state index is 14.0. The van der Waals surface area contributed by atoms with Gasteiger partial charge in [0.25, 0.3) is 10.0 Å². The fraction of sp³-hybridized carbons (Fsp3) is 0.333. The van der Waals surface area contributed by atoms with Gasteiger partial charge in [0.15, 0.2) is 0 Å². The molecule has 1 N–H and O–H groups in total. The summed E-state index contributed by atoms with van der Waals surface area (Å²) in [6.07, 6.45) is 0.730. The Morgan fingerprint density at radius 1 is 1.00 bits per heavy atom. The normalized spacial score (nSPS) is 12.8. The van der Waals surface area contributed by atoms with Crippen molar-refractivity contribution in [3.05, 3.63) is 88.4 Å². The Morgan fingerprint density at radius 2 is 1.68 bits per heavy atom. The van der Waals surface area contributed by atoms with Crippen molar-refractivity contribution in [2.24, 2.45) is 0 Å². The topological polar surface area (TPSA) is 96.0 Å². The van der Waals surface area contributed by atoms with Crippen LogP contribution in [0, 0.1) is 6.92 Å². The average Bonchev–Trinajstić information content (AvgIpc) is 2.94. The number of nitrogens with one attached hydrogen (secondary N) is 1. The number of methoxy groups -OCH3 is 1. The molecule has 0 bridgehead atoms. The molecule has 2 atom stereocenters. The SMILES string of the molecule is CCC(C)NC(=O)C(C)N(Cc1cccc(OC)c1)C(=O)CN(c1cccc(Br)c1)S(=O)(=O)c1ccc(C)cc1. The highest BCUT2D eigenvalue weighted by atomic mass is 79.9. The summed E-state index contributed by atoms with van der Waals surface area (Å²) in [6.45, 7) is 6.95. The summed E-state index contributed by atoms with van der Waals surface area (Å²) >= 11 is 3.41. The Kier molecular flexibility index (Phi) is 10.8. The van der Waals surface area contributed by atoms with Gasteiger partial charge in [-0.2, -0.15) is 0 Å². The number of sulfonamides is 1. The summed E-state index contributed by atoms with van der Waals surface area (Å²) in [5.74, 6) is -0.231. The van der Waals surface area contributed by atoms with E-state index in [0.29, 0.717) is 15.9 Å². The molecule has 3 rings (SSSR count). The van der Waals surface area contributed by atoms with Crippen molar-refractivity contribution in [1.82, 2.24) is 10.2 Å². The molecular weight excluding hydrogens is 594 g/mol. The molecule has 0 aliphatic carbocycles. The molecule has 10 heteroatoms. The molecule has 0 saturated carbocycles. The van der Waals surface area contributed by atoms with Crippen molar-refractivity contribution < 1.29 is 22.7 Å². The van der Waals surface area contributed by atoms with Crippen LogP contribution in [0.3, 0.4) is 0 Å². The summed E-state index contributed by atoms with van der Waals surface area (Å²) in [5.41, 5.74) is 1.97. The Morgan fingerprint density at radius 3 is 2.30 bits per heavy atom. The molecule has 0 aromatic heterocycles. The van der Waals surface area contributed by atoms with Crippen LogP contribution < -0.4 is 14.4 Å². The minimum Gasteiger partial charge on any atom is -0.497 e. The fourth-order valence-corrected chi connectivity index (χ4v) is 5.81. The molecule has 0 spiro atoms. The van der Waals surface area contributed by atoms with Crippen LogP contribution in [0.25, 0.3) is 0 Å². The third-order valence-corrected chi connectivity index (χ3v) is 8.92. The maximum Gasteiger partial charge on any atom is 0.264 e. The lowest BCUT2D eigenvalue weighted by molar-refractivity contribution is -0.139. The predicted molar refractivity (Wildman–Crippen MR) is 161 cm³/mol. The third kappa shape index (κ3) is 7.85. The first-order valence-corrected chi connectivity index (χ1v) is 15.3. The highest BCUT2D eigenvalue weighted by Crippen LogP contribution is 2.27. The molecule has 8 nitrogen and oxygen atoms in total. The number of hydrogen-bond acceptors (Lipinski definition) is 5. The van der Waals surface area contributed by atoms with Gasteiger partial charge in [0.1, 0.15) is 18.3 Å². The molecule has 2 unspecified atom stereocenters. The Bertz CT molecular complexity index is 1430.